The highest BCUT2D eigenvalue weighted by Crippen LogP contribution is 2.26. The molecule has 3 aromatic heterocycles. The minimum absolute atomic E-state index is 0.296. The summed E-state index contributed by atoms with van der Waals surface area (Å²) in [6.07, 6.45) is 3.71. The predicted octanol–water partition coefficient (Wildman–Crippen LogP) is 3.05. The van der Waals surface area contributed by atoms with E-state index in [1.165, 1.54) is 6.33 Å². The molecule has 0 saturated carbocycles. The van der Waals surface area contributed by atoms with Gasteiger partial charge < -0.3 is 9.42 Å². The lowest BCUT2D eigenvalue weighted by molar-refractivity contribution is 0.101. The smallest absolute Gasteiger partial charge is 0.276 e. The molecule has 0 spiro atoms. The van der Waals surface area contributed by atoms with Gasteiger partial charge in [0.15, 0.2) is 0 Å². The van der Waals surface area contributed by atoms with Crippen LogP contribution >= 0.6 is 11.3 Å². The Morgan fingerprint density at radius 2 is 2.12 bits per heavy atom. The highest BCUT2D eigenvalue weighted by Gasteiger charge is 2.17. The number of amides is 1. The number of nitrogens with one attached hydrogen (secondary N) is 1. The molecule has 1 aliphatic heterocycles. The maximum absolute atomic E-state index is 12.4. The molecule has 8 heteroatoms. The van der Waals surface area contributed by atoms with Crippen LogP contribution in [0.1, 0.15) is 23.3 Å². The molecule has 24 heavy (non-hydrogen) atoms. The van der Waals surface area contributed by atoms with Crippen LogP contribution in [0.15, 0.2) is 40.5 Å². The van der Waals surface area contributed by atoms with Crippen LogP contribution in [0.5, 0.6) is 0 Å². The van der Waals surface area contributed by atoms with Crippen molar-refractivity contribution in [1.29, 1.82) is 0 Å². The molecule has 4 rings (SSSR count). The average Bonchev–Trinajstić information content (AvgIpc) is 3.36. The van der Waals surface area contributed by atoms with Gasteiger partial charge in [-0.25, -0.2) is 9.97 Å². The number of anilines is 2. The largest absolute Gasteiger partial charge is 0.357 e. The first kappa shape index (κ1) is 14.8. The number of aromatic nitrogens is 3. The van der Waals surface area contributed by atoms with E-state index in [-0.39, 0.29) is 5.91 Å². The van der Waals surface area contributed by atoms with E-state index in [2.05, 4.69) is 25.3 Å². The second kappa shape index (κ2) is 6.40. The van der Waals surface area contributed by atoms with Crippen molar-refractivity contribution in [3.63, 3.8) is 0 Å². The lowest BCUT2D eigenvalue weighted by atomic mass is 10.3. The monoisotopic (exact) mass is 341 g/mol. The van der Waals surface area contributed by atoms with Gasteiger partial charge in [-0.2, -0.15) is 0 Å². The molecule has 4 heterocycles. The van der Waals surface area contributed by atoms with Gasteiger partial charge in [-0.05, 0) is 24.3 Å². The van der Waals surface area contributed by atoms with Gasteiger partial charge in [0.2, 0.25) is 5.88 Å². The predicted molar refractivity (Wildman–Crippen MR) is 91.2 cm³/mol. The van der Waals surface area contributed by atoms with Gasteiger partial charge in [-0.3, -0.25) is 10.1 Å². The van der Waals surface area contributed by atoms with Gasteiger partial charge in [0, 0.05) is 25.2 Å². The molecule has 1 amide bonds. The molecule has 0 atom stereocenters. The summed E-state index contributed by atoms with van der Waals surface area (Å²) in [4.78, 5) is 23.8. The lowest BCUT2D eigenvalue weighted by Gasteiger charge is -2.16. The molecular weight excluding hydrogens is 326 g/mol. The molecule has 1 N–H and O–H groups in total. The standard InChI is InChI=1S/C16H15N5O2S/c22-16(12-8-14(18-10-17-12)21-5-1-2-6-21)19-15-9-11(20-23-15)13-4-3-7-24-13/h3-4,7-10H,1-2,5-6H2,(H,19,22). The Morgan fingerprint density at radius 3 is 2.92 bits per heavy atom. The van der Waals surface area contributed by atoms with Gasteiger partial charge in [0.05, 0.1) is 4.88 Å². The number of carbonyl (C=O) groups excluding carboxylic acids is 1. The summed E-state index contributed by atoms with van der Waals surface area (Å²) in [5, 5.41) is 8.61. The third kappa shape index (κ3) is 3.00. The van der Waals surface area contributed by atoms with Crippen LogP contribution < -0.4 is 10.2 Å². The molecule has 1 fully saturated rings. The van der Waals surface area contributed by atoms with Gasteiger partial charge >= 0.3 is 0 Å². The SMILES string of the molecule is O=C(Nc1cc(-c2cccs2)no1)c1cc(N2CCCC2)ncn1. The topological polar surface area (TPSA) is 84.2 Å². The van der Waals surface area contributed by atoms with Crippen LogP contribution in [0, 0.1) is 0 Å². The second-order valence-electron chi connectivity index (χ2n) is 5.46. The van der Waals surface area contributed by atoms with E-state index in [0.717, 1.165) is 36.6 Å². The van der Waals surface area contributed by atoms with E-state index in [0.29, 0.717) is 17.3 Å². The first-order valence-corrected chi connectivity index (χ1v) is 8.56. The Bertz CT molecular complexity index is 840. The zero-order valence-corrected chi connectivity index (χ0v) is 13.6. The van der Waals surface area contributed by atoms with E-state index in [9.17, 15) is 4.79 Å². The number of rotatable bonds is 4. The maximum Gasteiger partial charge on any atom is 0.276 e. The molecule has 0 aromatic carbocycles. The Labute approximate surface area is 142 Å². The molecule has 0 aliphatic carbocycles. The molecule has 0 radical (unpaired) electrons. The Kier molecular flexibility index (Phi) is 3.96. The summed E-state index contributed by atoms with van der Waals surface area (Å²) in [6.45, 7) is 1.93. The van der Waals surface area contributed by atoms with Crippen molar-refractivity contribution < 1.29 is 9.32 Å². The summed E-state index contributed by atoms with van der Waals surface area (Å²) in [6, 6.07) is 7.29. The number of nitrogens with zero attached hydrogens (tertiary/aromatic N) is 4. The Hall–Kier alpha value is -2.74. The van der Waals surface area contributed by atoms with E-state index in [1.807, 2.05) is 17.5 Å². The zero-order valence-electron chi connectivity index (χ0n) is 12.8. The summed E-state index contributed by atoms with van der Waals surface area (Å²) in [5.74, 6) is 0.737. The average molecular weight is 341 g/mol. The van der Waals surface area contributed by atoms with Crippen LogP contribution in [-0.4, -0.2) is 34.1 Å². The lowest BCUT2D eigenvalue weighted by Crippen LogP contribution is -2.21. The Balaban J connectivity index is 1.49. The van der Waals surface area contributed by atoms with Gasteiger partial charge in [0.1, 0.15) is 23.5 Å². The first-order chi connectivity index (χ1) is 11.8. The third-order valence-corrected chi connectivity index (χ3v) is 4.73. The highest BCUT2D eigenvalue weighted by molar-refractivity contribution is 7.13. The van der Waals surface area contributed by atoms with Crippen molar-refractivity contribution in [3.8, 4) is 10.6 Å². The Morgan fingerprint density at radius 1 is 1.25 bits per heavy atom. The maximum atomic E-state index is 12.4. The van der Waals surface area contributed by atoms with Crippen LogP contribution in [0.2, 0.25) is 0 Å². The van der Waals surface area contributed by atoms with E-state index in [1.54, 1.807) is 23.5 Å². The van der Waals surface area contributed by atoms with Crippen LogP contribution in [0.3, 0.4) is 0 Å². The van der Waals surface area contributed by atoms with E-state index in [4.69, 9.17) is 4.52 Å². The van der Waals surface area contributed by atoms with Crippen LogP contribution in [0.25, 0.3) is 10.6 Å². The molecular formula is C16H15N5O2S. The number of hydrogen-bond donors (Lipinski definition) is 1. The molecule has 0 bridgehead atoms. The van der Waals surface area contributed by atoms with Gasteiger partial charge in [-0.1, -0.05) is 11.2 Å². The van der Waals surface area contributed by atoms with Crippen molar-refractivity contribution in [2.75, 3.05) is 23.3 Å². The molecule has 3 aromatic rings. The number of thiophene rings is 1. The minimum Gasteiger partial charge on any atom is -0.357 e. The van der Waals surface area contributed by atoms with Gasteiger partial charge in [-0.15, -0.1) is 11.3 Å². The summed E-state index contributed by atoms with van der Waals surface area (Å²) >= 11 is 1.56. The molecule has 1 aliphatic rings. The van der Waals surface area contributed by atoms with Gasteiger partial charge in [0.25, 0.3) is 5.91 Å². The summed E-state index contributed by atoms with van der Waals surface area (Å²) < 4.78 is 5.18. The minimum atomic E-state index is -0.341. The fraction of sp³-hybridized carbons (Fsp3) is 0.250. The summed E-state index contributed by atoms with van der Waals surface area (Å²) in [5.41, 5.74) is 1.00. The zero-order chi connectivity index (χ0) is 16.4. The molecule has 7 nitrogen and oxygen atoms in total. The van der Waals surface area contributed by atoms with Crippen LogP contribution in [0.4, 0.5) is 11.7 Å². The highest BCUT2D eigenvalue weighted by atomic mass is 32.1. The van der Waals surface area contributed by atoms with Crippen molar-refractivity contribution >= 4 is 28.9 Å². The molecule has 1 saturated heterocycles. The fourth-order valence-electron chi connectivity index (χ4n) is 2.64. The second-order valence-corrected chi connectivity index (χ2v) is 6.41. The van der Waals surface area contributed by atoms with Crippen molar-refractivity contribution in [1.82, 2.24) is 15.1 Å². The molecule has 0 unspecified atom stereocenters. The van der Waals surface area contributed by atoms with Crippen LogP contribution in [-0.2, 0) is 0 Å². The first-order valence-electron chi connectivity index (χ1n) is 7.68. The van der Waals surface area contributed by atoms with Crippen molar-refractivity contribution in [2.24, 2.45) is 0 Å². The fourth-order valence-corrected chi connectivity index (χ4v) is 3.32. The quantitative estimate of drug-likeness (QED) is 0.785. The molecule has 122 valence electrons. The normalized spacial score (nSPS) is 14.1. The van der Waals surface area contributed by atoms with Crippen molar-refractivity contribution in [3.05, 3.63) is 41.7 Å². The third-order valence-electron chi connectivity index (χ3n) is 3.84. The summed E-state index contributed by atoms with van der Waals surface area (Å²) in [7, 11) is 0. The van der Waals surface area contributed by atoms with E-state index >= 15 is 0 Å². The van der Waals surface area contributed by atoms with Crippen molar-refractivity contribution in [2.45, 2.75) is 12.8 Å². The number of carbonyl (C=O) groups is 1. The number of hydrogen-bond acceptors (Lipinski definition) is 7. The van der Waals surface area contributed by atoms with E-state index < -0.39 is 0 Å².